The lowest BCUT2D eigenvalue weighted by Gasteiger charge is -2.37. The van der Waals surface area contributed by atoms with Gasteiger partial charge in [-0.15, -0.1) is 0 Å². The van der Waals surface area contributed by atoms with Crippen molar-refractivity contribution in [3.8, 4) is 5.75 Å². The van der Waals surface area contributed by atoms with Gasteiger partial charge in [0.1, 0.15) is 18.5 Å². The summed E-state index contributed by atoms with van der Waals surface area (Å²) < 4.78 is 17.7. The molecule has 2 saturated heterocycles. The first-order valence-electron chi connectivity index (χ1n) is 10.8. The monoisotopic (exact) mass is 409 g/mol. The predicted octanol–water partition coefficient (Wildman–Crippen LogP) is 3.22. The number of guanidine groups is 1. The molecule has 2 aromatic carbocycles. The highest BCUT2D eigenvalue weighted by Crippen LogP contribution is 2.21. The maximum absolute atomic E-state index is 5.96. The Morgan fingerprint density at radius 3 is 2.70 bits per heavy atom. The second-order valence-electron chi connectivity index (χ2n) is 7.73. The largest absolute Gasteiger partial charge is 0.489 e. The van der Waals surface area contributed by atoms with Gasteiger partial charge in [-0.25, -0.2) is 0 Å². The normalized spacial score (nSPS) is 22.2. The van der Waals surface area contributed by atoms with Crippen molar-refractivity contribution in [1.29, 1.82) is 0 Å². The Morgan fingerprint density at radius 2 is 1.90 bits per heavy atom. The summed E-state index contributed by atoms with van der Waals surface area (Å²) >= 11 is 0. The van der Waals surface area contributed by atoms with E-state index in [0.29, 0.717) is 19.8 Å². The van der Waals surface area contributed by atoms with Crippen LogP contribution in [-0.2, 0) is 22.6 Å². The third-order valence-electron chi connectivity index (χ3n) is 5.58. The Morgan fingerprint density at radius 1 is 1.07 bits per heavy atom. The molecule has 2 atom stereocenters. The van der Waals surface area contributed by atoms with Gasteiger partial charge in [-0.1, -0.05) is 42.5 Å². The highest BCUT2D eigenvalue weighted by atomic mass is 16.5. The summed E-state index contributed by atoms with van der Waals surface area (Å²) in [5, 5.41) is 3.49. The van der Waals surface area contributed by atoms with Crippen molar-refractivity contribution in [2.24, 2.45) is 4.99 Å². The van der Waals surface area contributed by atoms with E-state index >= 15 is 0 Å². The Labute approximate surface area is 178 Å². The summed E-state index contributed by atoms with van der Waals surface area (Å²) in [5.74, 6) is 1.77. The second-order valence-corrected chi connectivity index (χ2v) is 7.73. The lowest BCUT2D eigenvalue weighted by molar-refractivity contribution is -0.0817. The second kappa shape index (κ2) is 10.5. The van der Waals surface area contributed by atoms with Crippen LogP contribution in [-0.4, -0.2) is 56.4 Å². The zero-order valence-electron chi connectivity index (χ0n) is 17.6. The fourth-order valence-corrected chi connectivity index (χ4v) is 3.99. The van der Waals surface area contributed by atoms with Crippen molar-refractivity contribution in [3.63, 3.8) is 0 Å². The van der Waals surface area contributed by atoms with Crippen LogP contribution < -0.4 is 10.1 Å². The molecule has 2 aromatic rings. The Balaban J connectivity index is 1.30. The van der Waals surface area contributed by atoms with Gasteiger partial charge in [0.15, 0.2) is 5.96 Å². The molecular weight excluding hydrogens is 378 g/mol. The van der Waals surface area contributed by atoms with Crippen LogP contribution in [0.2, 0.25) is 0 Å². The van der Waals surface area contributed by atoms with Crippen LogP contribution in [0.15, 0.2) is 59.6 Å². The summed E-state index contributed by atoms with van der Waals surface area (Å²) in [6.07, 6.45) is 2.54. The molecule has 2 aliphatic heterocycles. The summed E-state index contributed by atoms with van der Waals surface area (Å²) in [5.41, 5.74) is 2.32. The highest BCUT2D eigenvalue weighted by molar-refractivity contribution is 5.80. The van der Waals surface area contributed by atoms with Crippen LogP contribution >= 0.6 is 0 Å². The minimum absolute atomic E-state index is 0.120. The minimum atomic E-state index is 0.120. The van der Waals surface area contributed by atoms with Crippen molar-refractivity contribution in [3.05, 3.63) is 65.7 Å². The summed E-state index contributed by atoms with van der Waals surface area (Å²) in [6, 6.07) is 18.4. The Hall–Kier alpha value is -2.57. The smallest absolute Gasteiger partial charge is 0.194 e. The number of rotatable bonds is 6. The van der Waals surface area contributed by atoms with Gasteiger partial charge in [-0.3, -0.25) is 4.99 Å². The maximum atomic E-state index is 5.96. The van der Waals surface area contributed by atoms with Gasteiger partial charge in [-0.2, -0.15) is 0 Å². The lowest BCUT2D eigenvalue weighted by atomic mass is 10.1. The molecule has 30 heavy (non-hydrogen) atoms. The third kappa shape index (κ3) is 5.52. The van der Waals surface area contributed by atoms with Crippen molar-refractivity contribution < 1.29 is 14.2 Å². The molecule has 2 fully saturated rings. The molecule has 2 unspecified atom stereocenters. The van der Waals surface area contributed by atoms with Crippen LogP contribution in [0.4, 0.5) is 0 Å². The number of hydrogen-bond donors (Lipinski definition) is 1. The van der Waals surface area contributed by atoms with E-state index in [-0.39, 0.29) is 12.2 Å². The number of aliphatic imine (C=N–C) groups is 1. The van der Waals surface area contributed by atoms with E-state index < -0.39 is 0 Å². The molecule has 1 N–H and O–H groups in total. The number of nitrogens with zero attached hydrogens (tertiary/aromatic N) is 2. The average Bonchev–Trinajstić information content (AvgIpc) is 3.35. The van der Waals surface area contributed by atoms with E-state index in [2.05, 4.69) is 39.5 Å². The van der Waals surface area contributed by atoms with Crippen molar-refractivity contribution in [2.45, 2.75) is 38.2 Å². The molecule has 2 aliphatic rings. The standard InChI is InChI=1S/C24H31N3O3/c1-25-24(27-12-14-29-23(17-27)22-11-6-13-28-22)26-16-20-9-5-10-21(15-20)30-18-19-7-3-2-4-8-19/h2-5,7-10,15,22-23H,6,11-14,16-18H2,1H3,(H,25,26). The van der Waals surface area contributed by atoms with Gasteiger partial charge >= 0.3 is 0 Å². The number of ether oxygens (including phenoxy) is 3. The molecule has 0 saturated carbocycles. The lowest BCUT2D eigenvalue weighted by Crippen LogP contribution is -2.53. The number of nitrogens with one attached hydrogen (secondary N) is 1. The van der Waals surface area contributed by atoms with Crippen molar-refractivity contribution in [2.75, 3.05) is 33.4 Å². The Kier molecular flexibility index (Phi) is 7.21. The van der Waals surface area contributed by atoms with Gasteiger partial charge < -0.3 is 24.4 Å². The van der Waals surface area contributed by atoms with Crippen LogP contribution in [0.3, 0.4) is 0 Å². The van der Waals surface area contributed by atoms with Gasteiger partial charge in [0.05, 0.1) is 12.7 Å². The van der Waals surface area contributed by atoms with Crippen molar-refractivity contribution >= 4 is 5.96 Å². The van der Waals surface area contributed by atoms with E-state index in [1.165, 1.54) is 0 Å². The Bertz CT molecular complexity index is 821. The van der Waals surface area contributed by atoms with E-state index in [4.69, 9.17) is 14.2 Å². The molecular formula is C24H31N3O3. The highest BCUT2D eigenvalue weighted by Gasteiger charge is 2.32. The predicted molar refractivity (Wildman–Crippen MR) is 118 cm³/mol. The van der Waals surface area contributed by atoms with E-state index in [0.717, 1.165) is 55.4 Å². The van der Waals surface area contributed by atoms with Gasteiger partial charge in [0.25, 0.3) is 0 Å². The number of benzene rings is 2. The first-order valence-corrected chi connectivity index (χ1v) is 10.8. The molecule has 6 heteroatoms. The molecule has 0 aliphatic carbocycles. The zero-order valence-corrected chi connectivity index (χ0v) is 17.6. The zero-order chi connectivity index (χ0) is 20.6. The molecule has 4 rings (SSSR count). The molecule has 6 nitrogen and oxygen atoms in total. The van der Waals surface area contributed by atoms with Crippen LogP contribution in [0.25, 0.3) is 0 Å². The third-order valence-corrected chi connectivity index (χ3v) is 5.58. The first-order chi connectivity index (χ1) is 14.8. The topological polar surface area (TPSA) is 55.3 Å². The molecule has 0 radical (unpaired) electrons. The fraction of sp³-hybridized carbons (Fsp3) is 0.458. The molecule has 0 bridgehead atoms. The molecule has 0 amide bonds. The SMILES string of the molecule is CN=C(NCc1cccc(OCc2ccccc2)c1)N1CCOC(C2CCCO2)C1. The molecule has 0 aromatic heterocycles. The van der Waals surface area contributed by atoms with Crippen LogP contribution in [0.5, 0.6) is 5.75 Å². The minimum Gasteiger partial charge on any atom is -0.489 e. The van der Waals surface area contributed by atoms with E-state index in [1.54, 1.807) is 0 Å². The molecule has 0 spiro atoms. The summed E-state index contributed by atoms with van der Waals surface area (Å²) in [4.78, 5) is 6.76. The maximum Gasteiger partial charge on any atom is 0.194 e. The summed E-state index contributed by atoms with van der Waals surface area (Å²) in [6.45, 7) is 4.46. The van der Waals surface area contributed by atoms with Crippen molar-refractivity contribution in [1.82, 2.24) is 10.2 Å². The van der Waals surface area contributed by atoms with Gasteiger partial charge in [-0.05, 0) is 36.1 Å². The van der Waals surface area contributed by atoms with E-state index in [1.807, 2.05) is 37.4 Å². The van der Waals surface area contributed by atoms with Crippen LogP contribution in [0, 0.1) is 0 Å². The van der Waals surface area contributed by atoms with Crippen LogP contribution in [0.1, 0.15) is 24.0 Å². The average molecular weight is 410 g/mol. The molecule has 2 heterocycles. The van der Waals surface area contributed by atoms with Gasteiger partial charge in [0, 0.05) is 33.3 Å². The number of hydrogen-bond acceptors (Lipinski definition) is 4. The van der Waals surface area contributed by atoms with E-state index in [9.17, 15) is 0 Å². The fourth-order valence-electron chi connectivity index (χ4n) is 3.99. The quantitative estimate of drug-likeness (QED) is 0.587. The number of morpholine rings is 1. The van der Waals surface area contributed by atoms with Gasteiger partial charge in [0.2, 0.25) is 0 Å². The molecule has 160 valence electrons. The first kappa shape index (κ1) is 20.7. The summed E-state index contributed by atoms with van der Waals surface area (Å²) in [7, 11) is 1.83.